The summed E-state index contributed by atoms with van der Waals surface area (Å²) in [5.74, 6) is 0.352. The Labute approximate surface area is 179 Å². The van der Waals surface area contributed by atoms with Gasteiger partial charge in [-0.15, -0.1) is 11.3 Å². The van der Waals surface area contributed by atoms with Gasteiger partial charge in [0.1, 0.15) is 17.2 Å². The normalized spacial score (nSPS) is 19.6. The van der Waals surface area contributed by atoms with Crippen molar-refractivity contribution in [1.29, 1.82) is 0 Å². The van der Waals surface area contributed by atoms with E-state index in [9.17, 15) is 14.7 Å². The molecule has 1 atom stereocenters. The zero-order chi connectivity index (χ0) is 21.3. The number of carbonyl (C=O) groups excluding carboxylic acids is 2. The first-order valence-corrected chi connectivity index (χ1v) is 10.7. The Hall–Kier alpha value is -2.84. The van der Waals surface area contributed by atoms with E-state index in [1.807, 2.05) is 22.4 Å². The van der Waals surface area contributed by atoms with Gasteiger partial charge in [0.2, 0.25) is 0 Å². The quantitative estimate of drug-likeness (QED) is 0.713. The molecule has 0 radical (unpaired) electrons. The van der Waals surface area contributed by atoms with Crippen LogP contribution >= 0.6 is 11.3 Å². The first kappa shape index (κ1) is 20.4. The van der Waals surface area contributed by atoms with Gasteiger partial charge in [-0.2, -0.15) is 0 Å². The van der Waals surface area contributed by atoms with Crippen molar-refractivity contribution in [2.45, 2.75) is 12.8 Å². The fourth-order valence-electron chi connectivity index (χ4n) is 4.03. The molecule has 4 rings (SSSR count). The van der Waals surface area contributed by atoms with Gasteiger partial charge in [-0.3, -0.25) is 9.59 Å². The minimum Gasteiger partial charge on any atom is -0.497 e. The molecule has 1 aromatic carbocycles. The van der Waals surface area contributed by atoms with Crippen LogP contribution in [0.5, 0.6) is 11.5 Å². The monoisotopic (exact) mass is 428 g/mol. The number of aliphatic hydroxyl groups is 1. The van der Waals surface area contributed by atoms with Gasteiger partial charge in [-0.1, -0.05) is 6.07 Å². The predicted molar refractivity (Wildman–Crippen MR) is 115 cm³/mol. The van der Waals surface area contributed by atoms with Gasteiger partial charge < -0.3 is 19.5 Å². The van der Waals surface area contributed by atoms with Gasteiger partial charge in [-0.05, 0) is 30.2 Å². The molecular formula is C22H24N2O5S. The summed E-state index contributed by atoms with van der Waals surface area (Å²) in [4.78, 5) is 31.0. The molecule has 3 heterocycles. The standard InChI is InChI=1S/C22H24N2O5S/c1-28-16-9-15(10-17(11-16)29-2)24-21(26)19(18-6-4-8-30-18)20(22(24)27)23-7-3-5-14(12-23)13-25/h4,6,8-11,14,25H,3,5,7,12-13H2,1-2H3. The molecule has 2 amide bonds. The number of amides is 2. The van der Waals surface area contributed by atoms with Crippen molar-refractivity contribution in [3.8, 4) is 11.5 Å². The van der Waals surface area contributed by atoms with Gasteiger partial charge in [-0.25, -0.2) is 4.90 Å². The molecule has 8 heteroatoms. The molecule has 1 N–H and O–H groups in total. The fourth-order valence-corrected chi connectivity index (χ4v) is 4.79. The second-order valence-electron chi connectivity index (χ2n) is 7.35. The maximum Gasteiger partial charge on any atom is 0.282 e. The number of hydrogen-bond donors (Lipinski definition) is 1. The van der Waals surface area contributed by atoms with Crippen LogP contribution < -0.4 is 14.4 Å². The third kappa shape index (κ3) is 3.57. The first-order valence-electron chi connectivity index (χ1n) is 9.83. The third-order valence-electron chi connectivity index (χ3n) is 5.51. The van der Waals surface area contributed by atoms with E-state index in [0.717, 1.165) is 17.7 Å². The lowest BCUT2D eigenvalue weighted by Crippen LogP contribution is -2.40. The van der Waals surface area contributed by atoms with E-state index < -0.39 is 0 Å². The number of anilines is 1. The van der Waals surface area contributed by atoms with E-state index in [2.05, 4.69) is 0 Å². The molecule has 2 aliphatic rings. The largest absolute Gasteiger partial charge is 0.497 e. The molecular weight excluding hydrogens is 404 g/mol. The molecule has 1 fully saturated rings. The summed E-state index contributed by atoms with van der Waals surface area (Å²) in [7, 11) is 3.05. The van der Waals surface area contributed by atoms with E-state index in [1.165, 1.54) is 30.5 Å². The van der Waals surface area contributed by atoms with E-state index in [0.29, 0.717) is 41.5 Å². The SMILES string of the molecule is COc1cc(OC)cc(N2C(=O)C(c3cccs3)=C(N3CCCC(CO)C3)C2=O)c1. The summed E-state index contributed by atoms with van der Waals surface area (Å²) in [6.45, 7) is 1.29. The molecule has 2 aliphatic heterocycles. The lowest BCUT2D eigenvalue weighted by molar-refractivity contribution is -0.120. The van der Waals surface area contributed by atoms with Crippen molar-refractivity contribution in [1.82, 2.24) is 4.90 Å². The molecule has 1 unspecified atom stereocenters. The van der Waals surface area contributed by atoms with E-state index in [-0.39, 0.29) is 24.3 Å². The lowest BCUT2D eigenvalue weighted by Gasteiger charge is -2.34. The molecule has 158 valence electrons. The number of ether oxygens (including phenoxy) is 2. The highest BCUT2D eigenvalue weighted by molar-refractivity contribution is 7.11. The number of carbonyl (C=O) groups is 2. The first-order chi connectivity index (χ1) is 14.6. The van der Waals surface area contributed by atoms with Crippen molar-refractivity contribution in [3.05, 3.63) is 46.3 Å². The Balaban J connectivity index is 1.79. The fraction of sp³-hybridized carbons (Fsp3) is 0.364. The molecule has 1 aromatic heterocycles. The summed E-state index contributed by atoms with van der Waals surface area (Å²) in [6, 6.07) is 8.72. The van der Waals surface area contributed by atoms with Crippen LogP contribution in [0.1, 0.15) is 17.7 Å². The highest BCUT2D eigenvalue weighted by Crippen LogP contribution is 2.39. The molecule has 0 aliphatic carbocycles. The van der Waals surface area contributed by atoms with Crippen LogP contribution in [-0.4, -0.2) is 55.7 Å². The van der Waals surface area contributed by atoms with Crippen LogP contribution in [0.15, 0.2) is 41.4 Å². The number of aliphatic hydroxyl groups excluding tert-OH is 1. The summed E-state index contributed by atoms with van der Waals surface area (Å²) >= 11 is 1.43. The zero-order valence-electron chi connectivity index (χ0n) is 17.0. The van der Waals surface area contributed by atoms with Gasteiger partial charge in [0, 0.05) is 42.8 Å². The number of nitrogens with zero attached hydrogens (tertiary/aromatic N) is 2. The maximum atomic E-state index is 13.6. The van der Waals surface area contributed by atoms with Crippen LogP contribution in [0, 0.1) is 5.92 Å². The smallest absolute Gasteiger partial charge is 0.282 e. The average molecular weight is 429 g/mol. The summed E-state index contributed by atoms with van der Waals surface area (Å²) in [6.07, 6.45) is 1.77. The highest BCUT2D eigenvalue weighted by atomic mass is 32.1. The van der Waals surface area contributed by atoms with Crippen molar-refractivity contribution >= 4 is 34.4 Å². The number of benzene rings is 1. The molecule has 1 saturated heterocycles. The number of hydrogen-bond acceptors (Lipinski definition) is 7. The topological polar surface area (TPSA) is 79.3 Å². The summed E-state index contributed by atoms with van der Waals surface area (Å²) in [5, 5.41) is 11.5. The second-order valence-corrected chi connectivity index (χ2v) is 8.30. The van der Waals surface area contributed by atoms with Crippen LogP contribution in [0.3, 0.4) is 0 Å². The highest BCUT2D eigenvalue weighted by Gasteiger charge is 2.44. The predicted octanol–water partition coefficient (Wildman–Crippen LogP) is 2.75. The van der Waals surface area contributed by atoms with Crippen LogP contribution in [0.4, 0.5) is 5.69 Å². The van der Waals surface area contributed by atoms with Crippen LogP contribution in [-0.2, 0) is 9.59 Å². The molecule has 2 aromatic rings. The Kier molecular flexibility index (Phi) is 5.78. The van der Waals surface area contributed by atoms with E-state index in [4.69, 9.17) is 9.47 Å². The average Bonchev–Trinajstić information content (AvgIpc) is 3.39. The third-order valence-corrected chi connectivity index (χ3v) is 6.40. The lowest BCUT2D eigenvalue weighted by atomic mass is 9.98. The zero-order valence-corrected chi connectivity index (χ0v) is 17.8. The number of methoxy groups -OCH3 is 2. The Morgan fingerprint density at radius 2 is 1.87 bits per heavy atom. The number of likely N-dealkylation sites (tertiary alicyclic amines) is 1. The second kappa shape index (κ2) is 8.49. The Morgan fingerprint density at radius 1 is 1.13 bits per heavy atom. The van der Waals surface area contributed by atoms with Gasteiger partial charge in [0.15, 0.2) is 0 Å². The van der Waals surface area contributed by atoms with Crippen molar-refractivity contribution in [2.75, 3.05) is 38.8 Å². The van der Waals surface area contributed by atoms with Crippen LogP contribution in [0.2, 0.25) is 0 Å². The Morgan fingerprint density at radius 3 is 2.47 bits per heavy atom. The Bertz CT molecular complexity index is 963. The van der Waals surface area contributed by atoms with E-state index in [1.54, 1.807) is 18.2 Å². The van der Waals surface area contributed by atoms with Crippen molar-refractivity contribution in [3.63, 3.8) is 0 Å². The van der Waals surface area contributed by atoms with Crippen molar-refractivity contribution < 1.29 is 24.2 Å². The van der Waals surface area contributed by atoms with Gasteiger partial charge >= 0.3 is 0 Å². The number of imide groups is 1. The maximum absolute atomic E-state index is 13.6. The molecule has 0 saturated carbocycles. The van der Waals surface area contributed by atoms with Gasteiger partial charge in [0.05, 0.1) is 25.5 Å². The van der Waals surface area contributed by atoms with Crippen LogP contribution in [0.25, 0.3) is 5.57 Å². The number of rotatable bonds is 6. The molecule has 30 heavy (non-hydrogen) atoms. The molecule has 0 bridgehead atoms. The number of thiophene rings is 1. The number of piperidine rings is 1. The summed E-state index contributed by atoms with van der Waals surface area (Å²) in [5.41, 5.74) is 1.22. The molecule has 0 spiro atoms. The summed E-state index contributed by atoms with van der Waals surface area (Å²) < 4.78 is 10.6. The molecule has 7 nitrogen and oxygen atoms in total. The minimum absolute atomic E-state index is 0.0665. The van der Waals surface area contributed by atoms with E-state index >= 15 is 0 Å². The van der Waals surface area contributed by atoms with Crippen molar-refractivity contribution in [2.24, 2.45) is 5.92 Å². The van der Waals surface area contributed by atoms with Gasteiger partial charge in [0.25, 0.3) is 11.8 Å². The minimum atomic E-state index is -0.364.